The Morgan fingerprint density at radius 1 is 1.09 bits per heavy atom. The van der Waals surface area contributed by atoms with Crippen molar-refractivity contribution in [1.82, 2.24) is 5.43 Å². The molecular formula is C25H23BrClN3O4. The van der Waals surface area contributed by atoms with Crippen molar-refractivity contribution in [2.24, 2.45) is 5.10 Å². The minimum atomic E-state index is -0.565. The predicted octanol–water partition coefficient (Wildman–Crippen LogP) is 5.48. The summed E-state index contributed by atoms with van der Waals surface area (Å²) in [4.78, 5) is 24.1. The number of ether oxygens (including phenoxy) is 2. The van der Waals surface area contributed by atoms with E-state index < -0.39 is 18.2 Å². The van der Waals surface area contributed by atoms with Crippen molar-refractivity contribution in [3.05, 3.63) is 86.8 Å². The van der Waals surface area contributed by atoms with E-state index in [9.17, 15) is 9.59 Å². The number of halogens is 2. The first kappa shape index (κ1) is 25.3. The molecule has 0 aliphatic carbocycles. The number of methoxy groups -OCH3 is 1. The van der Waals surface area contributed by atoms with Gasteiger partial charge >= 0.3 is 0 Å². The van der Waals surface area contributed by atoms with Crippen molar-refractivity contribution in [3.63, 3.8) is 0 Å². The molecule has 7 nitrogen and oxygen atoms in total. The number of hydrogen-bond donors (Lipinski definition) is 2. The van der Waals surface area contributed by atoms with Gasteiger partial charge in [-0.1, -0.05) is 53.6 Å². The summed E-state index contributed by atoms with van der Waals surface area (Å²) in [7, 11) is 1.54. The molecule has 3 aromatic rings. The number of hydrogen-bond acceptors (Lipinski definition) is 5. The Morgan fingerprint density at radius 3 is 2.53 bits per heavy atom. The van der Waals surface area contributed by atoms with E-state index in [0.29, 0.717) is 38.9 Å². The SMILES string of the molecule is COc1cc(C=NNC(=O)CC(=O)Nc2ccccc2Cl)cc(Br)c1OCc1ccc(C)cc1. The molecule has 34 heavy (non-hydrogen) atoms. The van der Waals surface area contributed by atoms with Crippen LogP contribution in [0.25, 0.3) is 0 Å². The first-order valence-electron chi connectivity index (χ1n) is 10.3. The van der Waals surface area contributed by atoms with Gasteiger partial charge in [0, 0.05) is 0 Å². The average Bonchev–Trinajstić information content (AvgIpc) is 2.80. The molecule has 0 saturated carbocycles. The minimum Gasteiger partial charge on any atom is -0.493 e. The largest absolute Gasteiger partial charge is 0.493 e. The number of hydrazone groups is 1. The summed E-state index contributed by atoms with van der Waals surface area (Å²) in [6.07, 6.45) is 1.04. The molecule has 176 valence electrons. The molecule has 0 fully saturated rings. The molecule has 0 atom stereocenters. The first-order valence-corrected chi connectivity index (χ1v) is 11.4. The van der Waals surface area contributed by atoms with E-state index >= 15 is 0 Å². The number of benzene rings is 3. The van der Waals surface area contributed by atoms with Gasteiger partial charge in [-0.2, -0.15) is 5.10 Å². The van der Waals surface area contributed by atoms with Gasteiger partial charge in [0.05, 0.1) is 28.5 Å². The molecule has 0 radical (unpaired) electrons. The van der Waals surface area contributed by atoms with E-state index in [2.05, 4.69) is 31.8 Å². The van der Waals surface area contributed by atoms with Crippen LogP contribution in [0.1, 0.15) is 23.1 Å². The van der Waals surface area contributed by atoms with Crippen LogP contribution in [0.4, 0.5) is 5.69 Å². The Hall–Kier alpha value is -3.36. The molecule has 3 rings (SSSR count). The molecule has 0 aliphatic heterocycles. The summed E-state index contributed by atoms with van der Waals surface area (Å²) in [6, 6.07) is 18.4. The molecular weight excluding hydrogens is 522 g/mol. The van der Waals surface area contributed by atoms with E-state index in [4.69, 9.17) is 21.1 Å². The van der Waals surface area contributed by atoms with Crippen LogP contribution in [-0.4, -0.2) is 25.1 Å². The number of nitrogens with zero attached hydrogens (tertiary/aromatic N) is 1. The summed E-state index contributed by atoms with van der Waals surface area (Å²) in [5.74, 6) is -0.000868. The zero-order valence-corrected chi connectivity index (χ0v) is 20.9. The van der Waals surface area contributed by atoms with Crippen LogP contribution in [0.3, 0.4) is 0 Å². The van der Waals surface area contributed by atoms with Crippen molar-refractivity contribution >= 4 is 51.2 Å². The molecule has 2 N–H and O–H groups in total. The lowest BCUT2D eigenvalue weighted by Gasteiger charge is -2.13. The fourth-order valence-corrected chi connectivity index (χ4v) is 3.67. The van der Waals surface area contributed by atoms with Crippen molar-refractivity contribution in [2.75, 3.05) is 12.4 Å². The van der Waals surface area contributed by atoms with Crippen molar-refractivity contribution in [1.29, 1.82) is 0 Å². The number of carbonyl (C=O) groups excluding carboxylic acids is 2. The third-order valence-electron chi connectivity index (χ3n) is 4.63. The van der Waals surface area contributed by atoms with Gasteiger partial charge in [0.15, 0.2) is 11.5 Å². The molecule has 0 unspecified atom stereocenters. The molecule has 0 aliphatic rings. The number of rotatable bonds is 9. The second kappa shape index (κ2) is 12.2. The van der Waals surface area contributed by atoms with Gasteiger partial charge < -0.3 is 14.8 Å². The summed E-state index contributed by atoms with van der Waals surface area (Å²) in [5.41, 5.74) is 5.64. The van der Waals surface area contributed by atoms with Crippen LogP contribution < -0.4 is 20.2 Å². The van der Waals surface area contributed by atoms with E-state index in [1.165, 1.54) is 11.8 Å². The maximum Gasteiger partial charge on any atom is 0.249 e. The van der Waals surface area contributed by atoms with Crippen LogP contribution in [0, 0.1) is 6.92 Å². The fourth-order valence-electron chi connectivity index (χ4n) is 2.92. The number of anilines is 1. The monoisotopic (exact) mass is 543 g/mol. The molecule has 0 bridgehead atoms. The third-order valence-corrected chi connectivity index (χ3v) is 5.55. The zero-order chi connectivity index (χ0) is 24.5. The molecule has 3 aromatic carbocycles. The number of amides is 2. The molecule has 0 aromatic heterocycles. The summed E-state index contributed by atoms with van der Waals surface area (Å²) >= 11 is 9.50. The molecule has 0 spiro atoms. The normalized spacial score (nSPS) is 10.7. The highest BCUT2D eigenvalue weighted by molar-refractivity contribution is 9.10. The molecule has 0 heterocycles. The zero-order valence-electron chi connectivity index (χ0n) is 18.6. The van der Waals surface area contributed by atoms with E-state index in [1.54, 1.807) is 43.5 Å². The number of nitrogens with one attached hydrogen (secondary N) is 2. The highest BCUT2D eigenvalue weighted by Gasteiger charge is 2.13. The number of para-hydroxylation sites is 1. The smallest absolute Gasteiger partial charge is 0.249 e. The summed E-state index contributed by atoms with van der Waals surface area (Å²) in [6.45, 7) is 2.41. The fraction of sp³-hybridized carbons (Fsp3) is 0.160. The van der Waals surface area contributed by atoms with Crippen LogP contribution >= 0.6 is 27.5 Å². The van der Waals surface area contributed by atoms with Gasteiger partial charge in [0.2, 0.25) is 11.8 Å². The van der Waals surface area contributed by atoms with Gasteiger partial charge in [0.1, 0.15) is 13.0 Å². The van der Waals surface area contributed by atoms with Crippen LogP contribution in [0.15, 0.2) is 70.2 Å². The lowest BCUT2D eigenvalue weighted by molar-refractivity contribution is -0.126. The van der Waals surface area contributed by atoms with Crippen LogP contribution in [0.2, 0.25) is 5.02 Å². The van der Waals surface area contributed by atoms with Crippen LogP contribution in [0.5, 0.6) is 11.5 Å². The van der Waals surface area contributed by atoms with E-state index in [0.717, 1.165) is 5.56 Å². The van der Waals surface area contributed by atoms with Gasteiger partial charge in [-0.3, -0.25) is 9.59 Å². The third kappa shape index (κ3) is 7.33. The Bertz CT molecular complexity index is 1200. The van der Waals surface area contributed by atoms with Crippen molar-refractivity contribution in [3.8, 4) is 11.5 Å². The first-order chi connectivity index (χ1) is 16.4. The average molecular weight is 545 g/mol. The van der Waals surface area contributed by atoms with E-state index in [1.807, 2.05) is 31.2 Å². The predicted molar refractivity (Wildman–Crippen MR) is 137 cm³/mol. The standard InChI is InChI=1S/C25H23BrClN3O4/c1-16-7-9-17(10-8-16)15-34-25-19(26)11-18(12-22(25)33-2)14-28-30-24(32)13-23(31)29-21-6-4-3-5-20(21)27/h3-12,14H,13,15H2,1-2H3,(H,29,31)(H,30,32). The lowest BCUT2D eigenvalue weighted by atomic mass is 10.2. The Labute approximate surface area is 211 Å². The Kier molecular flexibility index (Phi) is 9.07. The maximum atomic E-state index is 12.0. The lowest BCUT2D eigenvalue weighted by Crippen LogP contribution is -2.24. The summed E-state index contributed by atoms with van der Waals surface area (Å²) in [5, 5.41) is 6.89. The topological polar surface area (TPSA) is 89.0 Å². The second-order valence-electron chi connectivity index (χ2n) is 7.31. The Morgan fingerprint density at radius 2 is 1.82 bits per heavy atom. The van der Waals surface area contributed by atoms with Gasteiger partial charge in [-0.05, 0) is 58.2 Å². The van der Waals surface area contributed by atoms with Crippen molar-refractivity contribution in [2.45, 2.75) is 20.0 Å². The van der Waals surface area contributed by atoms with Gasteiger partial charge in [-0.15, -0.1) is 0 Å². The summed E-state index contributed by atoms with van der Waals surface area (Å²) < 4.78 is 12.1. The highest BCUT2D eigenvalue weighted by Crippen LogP contribution is 2.36. The minimum absolute atomic E-state index is 0.384. The number of aryl methyl sites for hydroxylation is 1. The Balaban J connectivity index is 1.57. The number of carbonyl (C=O) groups is 2. The second-order valence-corrected chi connectivity index (χ2v) is 8.57. The molecule has 2 amide bonds. The maximum absolute atomic E-state index is 12.0. The van der Waals surface area contributed by atoms with Crippen molar-refractivity contribution < 1.29 is 19.1 Å². The van der Waals surface area contributed by atoms with Crippen LogP contribution in [-0.2, 0) is 16.2 Å². The quantitative estimate of drug-likeness (QED) is 0.212. The molecule has 9 heteroatoms. The molecule has 0 saturated heterocycles. The van der Waals surface area contributed by atoms with Gasteiger partial charge in [0.25, 0.3) is 0 Å². The highest BCUT2D eigenvalue weighted by atomic mass is 79.9. The van der Waals surface area contributed by atoms with Gasteiger partial charge in [-0.25, -0.2) is 5.43 Å². The van der Waals surface area contributed by atoms with E-state index in [-0.39, 0.29) is 0 Å².